The SMILES string of the molecule is CCC1(C(=O)NCC2CCC(C(N)=O)O2)CCCN1. The lowest BCUT2D eigenvalue weighted by atomic mass is 9.93. The lowest BCUT2D eigenvalue weighted by molar-refractivity contribution is -0.129. The van der Waals surface area contributed by atoms with Gasteiger partial charge in [0.25, 0.3) is 0 Å². The van der Waals surface area contributed by atoms with Gasteiger partial charge in [-0.15, -0.1) is 0 Å². The largest absolute Gasteiger partial charge is 0.367 e. The molecule has 6 heteroatoms. The number of nitrogens with one attached hydrogen (secondary N) is 2. The van der Waals surface area contributed by atoms with Gasteiger partial charge in [-0.3, -0.25) is 9.59 Å². The molecule has 0 bridgehead atoms. The van der Waals surface area contributed by atoms with Crippen molar-refractivity contribution in [3.63, 3.8) is 0 Å². The van der Waals surface area contributed by atoms with Crippen molar-refractivity contribution >= 4 is 11.8 Å². The second-order valence-corrected chi connectivity index (χ2v) is 5.40. The second kappa shape index (κ2) is 5.88. The number of ether oxygens (including phenoxy) is 1. The highest BCUT2D eigenvalue weighted by molar-refractivity contribution is 5.86. The first kappa shape index (κ1) is 14.3. The number of carbonyl (C=O) groups excluding carboxylic acids is 2. The first-order chi connectivity index (χ1) is 9.07. The van der Waals surface area contributed by atoms with E-state index in [1.54, 1.807) is 0 Å². The molecular formula is C13H23N3O3. The Morgan fingerprint density at radius 3 is 2.79 bits per heavy atom. The van der Waals surface area contributed by atoms with Crippen LogP contribution in [0.25, 0.3) is 0 Å². The highest BCUT2D eigenvalue weighted by Crippen LogP contribution is 2.24. The van der Waals surface area contributed by atoms with Gasteiger partial charge in [-0.05, 0) is 38.6 Å². The Balaban J connectivity index is 1.79. The van der Waals surface area contributed by atoms with Crippen LogP contribution in [0.2, 0.25) is 0 Å². The maximum Gasteiger partial charge on any atom is 0.246 e. The van der Waals surface area contributed by atoms with Crippen molar-refractivity contribution in [1.82, 2.24) is 10.6 Å². The minimum atomic E-state index is -0.494. The van der Waals surface area contributed by atoms with Crippen LogP contribution in [0.3, 0.4) is 0 Å². The van der Waals surface area contributed by atoms with Crippen molar-refractivity contribution in [2.45, 2.75) is 56.8 Å². The Labute approximate surface area is 113 Å². The minimum Gasteiger partial charge on any atom is -0.367 e. The minimum absolute atomic E-state index is 0.0404. The summed E-state index contributed by atoms with van der Waals surface area (Å²) >= 11 is 0. The highest BCUT2D eigenvalue weighted by atomic mass is 16.5. The molecule has 0 aromatic carbocycles. The van der Waals surface area contributed by atoms with Crippen LogP contribution in [0.5, 0.6) is 0 Å². The summed E-state index contributed by atoms with van der Waals surface area (Å²) < 4.78 is 5.49. The molecule has 2 fully saturated rings. The standard InChI is InChI=1S/C13H23N3O3/c1-2-13(6-3-7-16-13)12(18)15-8-9-4-5-10(19-9)11(14)17/h9-10,16H,2-8H2,1H3,(H2,14,17)(H,15,18). The lowest BCUT2D eigenvalue weighted by Gasteiger charge is -2.27. The van der Waals surface area contributed by atoms with E-state index in [-0.39, 0.29) is 12.0 Å². The molecule has 19 heavy (non-hydrogen) atoms. The van der Waals surface area contributed by atoms with Crippen LogP contribution in [-0.4, -0.2) is 42.7 Å². The first-order valence-electron chi connectivity index (χ1n) is 7.05. The molecule has 2 amide bonds. The van der Waals surface area contributed by atoms with Gasteiger partial charge in [0.1, 0.15) is 6.10 Å². The number of primary amides is 1. The zero-order valence-electron chi connectivity index (χ0n) is 11.4. The van der Waals surface area contributed by atoms with E-state index < -0.39 is 17.6 Å². The van der Waals surface area contributed by atoms with E-state index in [0.717, 1.165) is 32.2 Å². The lowest BCUT2D eigenvalue weighted by Crippen LogP contribution is -2.54. The van der Waals surface area contributed by atoms with Crippen LogP contribution in [0.15, 0.2) is 0 Å². The third-order valence-electron chi connectivity index (χ3n) is 4.20. The molecule has 108 valence electrons. The molecule has 2 heterocycles. The molecular weight excluding hydrogens is 246 g/mol. The van der Waals surface area contributed by atoms with Crippen molar-refractivity contribution in [3.05, 3.63) is 0 Å². The van der Waals surface area contributed by atoms with Gasteiger partial charge in [-0.2, -0.15) is 0 Å². The molecule has 4 N–H and O–H groups in total. The van der Waals surface area contributed by atoms with Crippen LogP contribution in [0, 0.1) is 0 Å². The van der Waals surface area contributed by atoms with Gasteiger partial charge in [-0.1, -0.05) is 6.92 Å². The van der Waals surface area contributed by atoms with E-state index >= 15 is 0 Å². The number of amides is 2. The Hall–Kier alpha value is -1.14. The molecule has 3 atom stereocenters. The van der Waals surface area contributed by atoms with Gasteiger partial charge in [0.15, 0.2) is 0 Å². The number of nitrogens with two attached hydrogens (primary N) is 1. The fraction of sp³-hybridized carbons (Fsp3) is 0.846. The van der Waals surface area contributed by atoms with Crippen LogP contribution < -0.4 is 16.4 Å². The molecule has 0 aromatic heterocycles. The maximum absolute atomic E-state index is 12.2. The zero-order chi connectivity index (χ0) is 13.9. The van der Waals surface area contributed by atoms with Gasteiger partial charge in [0.2, 0.25) is 11.8 Å². The molecule has 0 aliphatic carbocycles. The van der Waals surface area contributed by atoms with Gasteiger partial charge in [0, 0.05) is 6.54 Å². The second-order valence-electron chi connectivity index (χ2n) is 5.40. The topological polar surface area (TPSA) is 93.5 Å². The Morgan fingerprint density at radius 1 is 1.47 bits per heavy atom. The molecule has 3 unspecified atom stereocenters. The molecule has 2 aliphatic rings. The summed E-state index contributed by atoms with van der Waals surface area (Å²) in [6.45, 7) is 3.37. The van der Waals surface area contributed by atoms with Gasteiger partial charge < -0.3 is 21.1 Å². The average Bonchev–Trinajstić information content (AvgIpc) is 3.05. The fourth-order valence-corrected chi connectivity index (χ4v) is 2.90. The van der Waals surface area contributed by atoms with Crippen LogP contribution in [0.4, 0.5) is 0 Å². The monoisotopic (exact) mass is 269 g/mol. The number of carbonyl (C=O) groups is 2. The van der Waals surface area contributed by atoms with Crippen molar-refractivity contribution in [3.8, 4) is 0 Å². The third kappa shape index (κ3) is 3.06. The van der Waals surface area contributed by atoms with E-state index in [9.17, 15) is 9.59 Å². The predicted molar refractivity (Wildman–Crippen MR) is 70.4 cm³/mol. The summed E-state index contributed by atoms with van der Waals surface area (Å²) in [4.78, 5) is 23.2. The summed E-state index contributed by atoms with van der Waals surface area (Å²) in [5.74, 6) is -0.380. The smallest absolute Gasteiger partial charge is 0.246 e. The third-order valence-corrected chi connectivity index (χ3v) is 4.20. The summed E-state index contributed by atoms with van der Waals surface area (Å²) in [6.07, 6.45) is 3.51. The Kier molecular flexibility index (Phi) is 4.42. The van der Waals surface area contributed by atoms with E-state index in [0.29, 0.717) is 13.0 Å². The summed E-state index contributed by atoms with van der Waals surface area (Å²) in [5.41, 5.74) is 4.78. The van der Waals surface area contributed by atoms with Gasteiger partial charge in [-0.25, -0.2) is 0 Å². The number of hydrogen-bond acceptors (Lipinski definition) is 4. The molecule has 0 radical (unpaired) electrons. The molecule has 6 nitrogen and oxygen atoms in total. The van der Waals surface area contributed by atoms with Crippen molar-refractivity contribution < 1.29 is 14.3 Å². The molecule has 0 saturated carbocycles. The van der Waals surface area contributed by atoms with Crippen LogP contribution >= 0.6 is 0 Å². The molecule has 2 saturated heterocycles. The van der Waals surface area contributed by atoms with E-state index in [2.05, 4.69) is 10.6 Å². The molecule has 0 spiro atoms. The van der Waals surface area contributed by atoms with Crippen LogP contribution in [0.1, 0.15) is 39.0 Å². The molecule has 2 aliphatic heterocycles. The number of rotatable bonds is 5. The molecule has 2 rings (SSSR count). The average molecular weight is 269 g/mol. The van der Waals surface area contributed by atoms with Gasteiger partial charge >= 0.3 is 0 Å². The van der Waals surface area contributed by atoms with E-state index in [1.165, 1.54) is 0 Å². The molecule has 0 aromatic rings. The maximum atomic E-state index is 12.2. The van der Waals surface area contributed by atoms with E-state index in [1.807, 2.05) is 6.92 Å². The Morgan fingerprint density at radius 2 is 2.26 bits per heavy atom. The van der Waals surface area contributed by atoms with Crippen molar-refractivity contribution in [2.24, 2.45) is 5.73 Å². The normalized spacial score (nSPS) is 34.4. The quantitative estimate of drug-likeness (QED) is 0.637. The van der Waals surface area contributed by atoms with Crippen molar-refractivity contribution in [2.75, 3.05) is 13.1 Å². The van der Waals surface area contributed by atoms with Gasteiger partial charge in [0.05, 0.1) is 11.6 Å². The van der Waals surface area contributed by atoms with E-state index in [4.69, 9.17) is 10.5 Å². The first-order valence-corrected chi connectivity index (χ1v) is 7.05. The summed E-state index contributed by atoms with van der Waals surface area (Å²) in [5, 5.41) is 6.23. The Bertz CT molecular complexity index is 353. The van der Waals surface area contributed by atoms with Crippen LogP contribution in [-0.2, 0) is 14.3 Å². The number of hydrogen-bond donors (Lipinski definition) is 3. The highest BCUT2D eigenvalue weighted by Gasteiger charge is 2.39. The van der Waals surface area contributed by atoms with Crippen molar-refractivity contribution in [1.29, 1.82) is 0 Å². The summed E-state index contributed by atoms with van der Waals surface area (Å²) in [7, 11) is 0. The zero-order valence-corrected chi connectivity index (χ0v) is 11.4. The predicted octanol–water partition coefficient (Wildman–Crippen LogP) is -0.332. The fourth-order valence-electron chi connectivity index (χ4n) is 2.90. The summed E-state index contributed by atoms with van der Waals surface area (Å²) in [6, 6.07) is 0.